The molecule has 3 nitrogen and oxygen atoms in total. The van der Waals surface area contributed by atoms with Crippen LogP contribution in [-0.4, -0.2) is 19.2 Å². The van der Waals surface area contributed by atoms with Gasteiger partial charge < -0.3 is 5.32 Å². The number of rotatable bonds is 2. The molecule has 68 valence electrons. The smallest absolute Gasteiger partial charge is 0.251 e. The zero-order chi connectivity index (χ0) is 9.84. The Morgan fingerprint density at radius 3 is 2.77 bits per heavy atom. The molecule has 0 saturated carbocycles. The number of hydrogen-bond donors (Lipinski definition) is 1. The first kappa shape index (κ1) is 9.38. The van der Waals surface area contributed by atoms with Gasteiger partial charge in [0.25, 0.3) is 5.91 Å². The minimum atomic E-state index is -0.623. The van der Waals surface area contributed by atoms with Crippen molar-refractivity contribution < 1.29 is 14.0 Å². The summed E-state index contributed by atoms with van der Waals surface area (Å²) in [5.41, 5.74) is 0.159. The van der Waals surface area contributed by atoms with E-state index < -0.39 is 5.82 Å². The molecule has 0 aromatic heterocycles. The van der Waals surface area contributed by atoms with E-state index in [1.54, 1.807) is 0 Å². The van der Waals surface area contributed by atoms with Gasteiger partial charge in [-0.25, -0.2) is 4.39 Å². The van der Waals surface area contributed by atoms with Gasteiger partial charge in [-0.1, -0.05) is 0 Å². The van der Waals surface area contributed by atoms with E-state index in [-0.39, 0.29) is 17.0 Å². The average molecular weight is 181 g/mol. The van der Waals surface area contributed by atoms with Gasteiger partial charge in [-0.05, 0) is 18.2 Å². The maximum atomic E-state index is 12.8. The lowest BCUT2D eigenvalue weighted by atomic mass is 10.1. The van der Waals surface area contributed by atoms with Crippen LogP contribution in [0.1, 0.15) is 20.7 Å². The molecule has 1 aromatic carbocycles. The lowest BCUT2D eigenvalue weighted by Gasteiger charge is -2.00. The molecule has 1 N–H and O–H groups in total. The molecule has 0 aliphatic rings. The quantitative estimate of drug-likeness (QED) is 0.692. The predicted octanol–water partition coefficient (Wildman–Crippen LogP) is 0.998. The predicted molar refractivity (Wildman–Crippen MR) is 45.2 cm³/mol. The highest BCUT2D eigenvalue weighted by molar-refractivity contribution is 5.95. The molecule has 0 fully saturated rings. The van der Waals surface area contributed by atoms with Crippen LogP contribution < -0.4 is 5.32 Å². The number of halogens is 1. The fraction of sp³-hybridized carbons (Fsp3) is 0.111. The minimum absolute atomic E-state index is 0.110. The van der Waals surface area contributed by atoms with Gasteiger partial charge in [-0.15, -0.1) is 0 Å². The van der Waals surface area contributed by atoms with Crippen molar-refractivity contribution in [3.8, 4) is 0 Å². The van der Waals surface area contributed by atoms with Crippen molar-refractivity contribution in [1.29, 1.82) is 0 Å². The van der Waals surface area contributed by atoms with E-state index in [4.69, 9.17) is 0 Å². The molecule has 0 bridgehead atoms. The first-order valence-corrected chi connectivity index (χ1v) is 3.66. The third kappa shape index (κ3) is 1.90. The first-order valence-electron chi connectivity index (χ1n) is 3.66. The largest absolute Gasteiger partial charge is 0.355 e. The number of carbonyl (C=O) groups is 2. The van der Waals surface area contributed by atoms with E-state index in [2.05, 4.69) is 5.32 Å². The zero-order valence-electron chi connectivity index (χ0n) is 7.00. The summed E-state index contributed by atoms with van der Waals surface area (Å²) >= 11 is 0. The van der Waals surface area contributed by atoms with Gasteiger partial charge >= 0.3 is 0 Å². The summed E-state index contributed by atoms with van der Waals surface area (Å²) in [4.78, 5) is 21.4. The van der Waals surface area contributed by atoms with Gasteiger partial charge in [0.2, 0.25) is 0 Å². The molecule has 0 radical (unpaired) electrons. The summed E-state index contributed by atoms with van der Waals surface area (Å²) in [5, 5.41) is 2.37. The molecule has 1 rings (SSSR count). The van der Waals surface area contributed by atoms with Gasteiger partial charge in [0.15, 0.2) is 6.29 Å². The van der Waals surface area contributed by atoms with Crippen LogP contribution in [0.3, 0.4) is 0 Å². The topological polar surface area (TPSA) is 46.2 Å². The maximum absolute atomic E-state index is 12.8. The summed E-state index contributed by atoms with van der Waals surface area (Å²) < 4.78 is 12.8. The number of carbonyl (C=O) groups excluding carboxylic acids is 2. The van der Waals surface area contributed by atoms with Crippen LogP contribution >= 0.6 is 0 Å². The summed E-state index contributed by atoms with van der Waals surface area (Å²) in [5.74, 6) is -0.967. The standard InChI is InChI=1S/C9H8FNO2/c1-11-9(13)6-2-3-8(10)7(4-6)5-12/h2-5H,1H3,(H,11,13). The molecule has 0 spiro atoms. The maximum Gasteiger partial charge on any atom is 0.251 e. The molecule has 1 amide bonds. The van der Waals surface area contributed by atoms with E-state index in [1.807, 2.05) is 0 Å². The Bertz CT molecular complexity index is 349. The molecule has 4 heteroatoms. The fourth-order valence-corrected chi connectivity index (χ4v) is 0.920. The van der Waals surface area contributed by atoms with Gasteiger partial charge in [-0.3, -0.25) is 9.59 Å². The summed E-state index contributed by atoms with van der Waals surface area (Å²) in [7, 11) is 1.46. The second kappa shape index (κ2) is 3.80. The number of aldehydes is 1. The zero-order valence-corrected chi connectivity index (χ0v) is 7.00. The lowest BCUT2D eigenvalue weighted by Crippen LogP contribution is -2.18. The van der Waals surface area contributed by atoms with Crippen LogP contribution in [0.5, 0.6) is 0 Å². The van der Waals surface area contributed by atoms with Crippen molar-refractivity contribution in [1.82, 2.24) is 5.32 Å². The van der Waals surface area contributed by atoms with Crippen molar-refractivity contribution in [2.75, 3.05) is 7.05 Å². The molecule has 0 aliphatic heterocycles. The third-order valence-corrected chi connectivity index (χ3v) is 1.61. The summed E-state index contributed by atoms with van der Waals surface area (Å²) in [6.45, 7) is 0. The van der Waals surface area contributed by atoms with Crippen molar-refractivity contribution in [3.05, 3.63) is 35.1 Å². The lowest BCUT2D eigenvalue weighted by molar-refractivity contribution is 0.0963. The third-order valence-electron chi connectivity index (χ3n) is 1.61. The fourth-order valence-electron chi connectivity index (χ4n) is 0.920. The van der Waals surface area contributed by atoms with Crippen LogP contribution in [0.15, 0.2) is 18.2 Å². The van der Waals surface area contributed by atoms with Crippen LogP contribution in [-0.2, 0) is 0 Å². The van der Waals surface area contributed by atoms with Gasteiger partial charge in [-0.2, -0.15) is 0 Å². The van der Waals surface area contributed by atoms with Gasteiger partial charge in [0.1, 0.15) is 5.82 Å². The van der Waals surface area contributed by atoms with Crippen LogP contribution in [0, 0.1) is 5.82 Å². The molecule has 13 heavy (non-hydrogen) atoms. The summed E-state index contributed by atoms with van der Waals surface area (Å²) in [6.07, 6.45) is 0.377. The Hall–Kier alpha value is -1.71. The minimum Gasteiger partial charge on any atom is -0.355 e. The number of benzene rings is 1. The normalized spacial score (nSPS) is 9.38. The Kier molecular flexibility index (Phi) is 2.74. The van der Waals surface area contributed by atoms with Gasteiger partial charge in [0, 0.05) is 12.6 Å². The second-order valence-electron chi connectivity index (χ2n) is 2.43. The Balaban J connectivity index is 3.13. The van der Waals surface area contributed by atoms with Crippen molar-refractivity contribution in [2.45, 2.75) is 0 Å². The van der Waals surface area contributed by atoms with E-state index in [1.165, 1.54) is 19.2 Å². The molecular weight excluding hydrogens is 173 g/mol. The summed E-state index contributed by atoms with van der Waals surface area (Å²) in [6, 6.07) is 3.62. The van der Waals surface area contributed by atoms with E-state index in [0.717, 1.165) is 6.07 Å². The van der Waals surface area contributed by atoms with E-state index >= 15 is 0 Å². The van der Waals surface area contributed by atoms with E-state index in [9.17, 15) is 14.0 Å². The van der Waals surface area contributed by atoms with Crippen molar-refractivity contribution in [2.24, 2.45) is 0 Å². The van der Waals surface area contributed by atoms with E-state index in [0.29, 0.717) is 6.29 Å². The highest BCUT2D eigenvalue weighted by atomic mass is 19.1. The molecular formula is C9H8FNO2. The van der Waals surface area contributed by atoms with Crippen LogP contribution in [0.4, 0.5) is 4.39 Å². The molecule has 0 heterocycles. The number of hydrogen-bond acceptors (Lipinski definition) is 2. The molecule has 0 unspecified atom stereocenters. The molecule has 0 aliphatic carbocycles. The van der Waals surface area contributed by atoms with Crippen LogP contribution in [0.2, 0.25) is 0 Å². The number of nitrogens with one attached hydrogen (secondary N) is 1. The Morgan fingerprint density at radius 2 is 2.23 bits per heavy atom. The van der Waals surface area contributed by atoms with Gasteiger partial charge in [0.05, 0.1) is 5.56 Å². The Labute approximate surface area is 74.6 Å². The SMILES string of the molecule is CNC(=O)c1ccc(F)c(C=O)c1. The molecule has 0 saturated heterocycles. The Morgan fingerprint density at radius 1 is 1.54 bits per heavy atom. The molecule has 0 atom stereocenters. The van der Waals surface area contributed by atoms with Crippen molar-refractivity contribution in [3.63, 3.8) is 0 Å². The molecule has 1 aromatic rings. The highest BCUT2D eigenvalue weighted by Crippen LogP contribution is 2.08. The monoisotopic (exact) mass is 181 g/mol. The van der Waals surface area contributed by atoms with Crippen LogP contribution in [0.25, 0.3) is 0 Å². The average Bonchev–Trinajstić information content (AvgIpc) is 2.17. The number of amides is 1. The highest BCUT2D eigenvalue weighted by Gasteiger charge is 2.06. The first-order chi connectivity index (χ1) is 6.19. The van der Waals surface area contributed by atoms with Crippen molar-refractivity contribution >= 4 is 12.2 Å². The second-order valence-corrected chi connectivity index (χ2v) is 2.43.